The predicted octanol–water partition coefficient (Wildman–Crippen LogP) is 5.84. The van der Waals surface area contributed by atoms with Crippen molar-refractivity contribution in [2.24, 2.45) is 0 Å². The second kappa shape index (κ2) is 8.24. The Hall–Kier alpha value is -2.45. The van der Waals surface area contributed by atoms with Crippen LogP contribution in [0.25, 0.3) is 21.7 Å². The minimum absolute atomic E-state index is 0.0899. The highest BCUT2D eigenvalue weighted by molar-refractivity contribution is 7.98. The van der Waals surface area contributed by atoms with Crippen LogP contribution in [-0.4, -0.2) is 19.7 Å². The van der Waals surface area contributed by atoms with E-state index in [0.717, 1.165) is 57.1 Å². The molecule has 1 fully saturated rings. The van der Waals surface area contributed by atoms with Crippen LogP contribution < -0.4 is 5.56 Å². The first-order chi connectivity index (χ1) is 15.0. The molecule has 3 aromatic heterocycles. The molecule has 8 heteroatoms. The molecular weight excluding hydrogens is 428 g/mol. The van der Waals surface area contributed by atoms with E-state index in [4.69, 9.17) is 9.40 Å². The van der Waals surface area contributed by atoms with Gasteiger partial charge in [0, 0.05) is 16.5 Å². The van der Waals surface area contributed by atoms with Crippen molar-refractivity contribution in [2.75, 3.05) is 0 Å². The van der Waals surface area contributed by atoms with E-state index in [1.165, 1.54) is 17.3 Å². The van der Waals surface area contributed by atoms with E-state index in [2.05, 4.69) is 17.1 Å². The third-order valence-electron chi connectivity index (χ3n) is 5.98. The molecule has 0 unspecified atom stereocenters. The highest BCUT2D eigenvalue weighted by Crippen LogP contribution is 2.35. The molecule has 4 aromatic rings. The van der Waals surface area contributed by atoms with Gasteiger partial charge in [-0.25, -0.2) is 4.98 Å². The lowest BCUT2D eigenvalue weighted by atomic mass is 10.1. The third kappa shape index (κ3) is 3.83. The van der Waals surface area contributed by atoms with Crippen molar-refractivity contribution in [3.63, 3.8) is 0 Å². The molecule has 1 saturated carbocycles. The van der Waals surface area contributed by atoms with Crippen molar-refractivity contribution in [1.82, 2.24) is 19.7 Å². The largest absolute Gasteiger partial charge is 0.420 e. The van der Waals surface area contributed by atoms with Crippen LogP contribution in [0.15, 0.2) is 38.6 Å². The Morgan fingerprint density at radius 2 is 1.87 bits per heavy atom. The Morgan fingerprint density at radius 1 is 1.13 bits per heavy atom. The van der Waals surface area contributed by atoms with Crippen LogP contribution in [0, 0.1) is 20.8 Å². The topological polar surface area (TPSA) is 73.8 Å². The Bertz CT molecular complexity index is 1300. The molecule has 3 heterocycles. The normalized spacial score (nSPS) is 14.7. The van der Waals surface area contributed by atoms with Crippen LogP contribution in [-0.2, 0) is 5.75 Å². The zero-order chi connectivity index (χ0) is 21.5. The first kappa shape index (κ1) is 20.5. The first-order valence-corrected chi connectivity index (χ1v) is 12.4. The third-order valence-corrected chi connectivity index (χ3v) is 8.02. The van der Waals surface area contributed by atoms with Crippen LogP contribution in [0.4, 0.5) is 0 Å². The molecule has 0 amide bonds. The summed E-state index contributed by atoms with van der Waals surface area (Å²) in [6, 6.07) is 8.23. The zero-order valence-electron chi connectivity index (χ0n) is 17.8. The number of aryl methyl sites for hydroxylation is 3. The number of fused-ring (bicyclic) bond motifs is 1. The maximum atomic E-state index is 13.5. The second-order valence-electron chi connectivity index (χ2n) is 8.13. The fourth-order valence-electron chi connectivity index (χ4n) is 4.12. The highest BCUT2D eigenvalue weighted by Gasteiger charge is 2.25. The minimum atomic E-state index is 0.0899. The van der Waals surface area contributed by atoms with Gasteiger partial charge in [0.2, 0.25) is 11.8 Å². The van der Waals surface area contributed by atoms with Crippen LogP contribution in [0.5, 0.6) is 0 Å². The van der Waals surface area contributed by atoms with Gasteiger partial charge in [-0.2, -0.15) is 0 Å². The lowest BCUT2D eigenvalue weighted by Crippen LogP contribution is -2.26. The van der Waals surface area contributed by atoms with Crippen molar-refractivity contribution in [3.8, 4) is 11.5 Å². The van der Waals surface area contributed by atoms with Crippen molar-refractivity contribution in [2.45, 2.75) is 63.4 Å². The number of thioether (sulfide) groups is 1. The molecule has 1 aromatic carbocycles. The molecule has 0 radical (unpaired) electrons. The number of hydrogen-bond donors (Lipinski definition) is 0. The molecule has 0 saturated heterocycles. The van der Waals surface area contributed by atoms with E-state index in [0.29, 0.717) is 17.5 Å². The molecule has 0 bridgehead atoms. The van der Waals surface area contributed by atoms with Crippen molar-refractivity contribution >= 4 is 33.3 Å². The lowest BCUT2D eigenvalue weighted by Gasteiger charge is -2.17. The van der Waals surface area contributed by atoms with Crippen LogP contribution >= 0.6 is 23.1 Å². The van der Waals surface area contributed by atoms with E-state index >= 15 is 0 Å². The fraction of sp³-hybridized carbons (Fsp3) is 0.391. The van der Waals surface area contributed by atoms with E-state index in [9.17, 15) is 4.79 Å². The second-order valence-corrected chi connectivity index (χ2v) is 10.3. The van der Waals surface area contributed by atoms with Gasteiger partial charge >= 0.3 is 0 Å². The average Bonchev–Trinajstić information content (AvgIpc) is 3.49. The number of benzene rings is 1. The summed E-state index contributed by atoms with van der Waals surface area (Å²) in [5.74, 6) is 1.52. The van der Waals surface area contributed by atoms with Crippen LogP contribution in [0.2, 0.25) is 0 Å². The summed E-state index contributed by atoms with van der Waals surface area (Å²) >= 11 is 3.10. The van der Waals surface area contributed by atoms with Gasteiger partial charge in [-0.3, -0.25) is 9.36 Å². The van der Waals surface area contributed by atoms with Crippen molar-refractivity contribution in [1.29, 1.82) is 0 Å². The van der Waals surface area contributed by atoms with Gasteiger partial charge in [0.15, 0.2) is 5.16 Å². The van der Waals surface area contributed by atoms with Crippen LogP contribution in [0.1, 0.15) is 53.6 Å². The maximum Gasteiger partial charge on any atom is 0.263 e. The molecular formula is C23H24N4O2S2. The summed E-state index contributed by atoms with van der Waals surface area (Å²) in [6.45, 7) is 6.12. The van der Waals surface area contributed by atoms with Gasteiger partial charge in [-0.05, 0) is 51.3 Å². The van der Waals surface area contributed by atoms with Gasteiger partial charge in [-0.15, -0.1) is 21.5 Å². The Labute approximate surface area is 188 Å². The summed E-state index contributed by atoms with van der Waals surface area (Å²) in [4.78, 5) is 20.3. The highest BCUT2D eigenvalue weighted by atomic mass is 32.2. The number of nitrogens with zero attached hydrogens (tertiary/aromatic N) is 4. The van der Waals surface area contributed by atoms with E-state index in [-0.39, 0.29) is 11.6 Å². The Balaban J connectivity index is 1.47. The molecule has 31 heavy (non-hydrogen) atoms. The quantitative estimate of drug-likeness (QED) is 0.280. The van der Waals surface area contributed by atoms with E-state index < -0.39 is 0 Å². The summed E-state index contributed by atoms with van der Waals surface area (Å²) < 4.78 is 7.81. The van der Waals surface area contributed by atoms with Gasteiger partial charge in [0.1, 0.15) is 4.83 Å². The van der Waals surface area contributed by atoms with Gasteiger partial charge in [0.05, 0.1) is 11.1 Å². The SMILES string of the molecule is Cc1ccc(-c2nnc(CSc3nc4sc(C)c(C)c4c(=O)n3C3CCCC3)o2)cc1. The molecule has 0 atom stereocenters. The number of thiophene rings is 1. The van der Waals surface area contributed by atoms with Gasteiger partial charge in [-0.1, -0.05) is 42.3 Å². The summed E-state index contributed by atoms with van der Waals surface area (Å²) in [5, 5.41) is 9.93. The zero-order valence-corrected chi connectivity index (χ0v) is 19.5. The molecule has 0 spiro atoms. The number of hydrogen-bond acceptors (Lipinski definition) is 7. The molecule has 6 nitrogen and oxygen atoms in total. The predicted molar refractivity (Wildman–Crippen MR) is 125 cm³/mol. The Morgan fingerprint density at radius 3 is 2.61 bits per heavy atom. The van der Waals surface area contributed by atoms with Crippen molar-refractivity contribution < 1.29 is 4.42 Å². The molecule has 160 valence electrons. The van der Waals surface area contributed by atoms with Gasteiger partial charge in [0.25, 0.3) is 5.56 Å². The molecule has 0 N–H and O–H groups in total. The van der Waals surface area contributed by atoms with E-state index in [1.807, 2.05) is 42.7 Å². The molecule has 0 aliphatic heterocycles. The number of rotatable bonds is 5. The summed E-state index contributed by atoms with van der Waals surface area (Å²) in [5.41, 5.74) is 3.23. The van der Waals surface area contributed by atoms with E-state index in [1.54, 1.807) is 11.3 Å². The standard InChI is InChI=1S/C23H24N4O2S2/c1-13-8-10-16(11-9-13)20-26-25-18(29-20)12-30-23-24-21-19(14(2)15(3)31-21)22(28)27(23)17-6-4-5-7-17/h8-11,17H,4-7,12H2,1-3H3. The summed E-state index contributed by atoms with van der Waals surface area (Å²) in [6.07, 6.45) is 4.37. The first-order valence-electron chi connectivity index (χ1n) is 10.6. The molecule has 5 rings (SSSR count). The summed E-state index contributed by atoms with van der Waals surface area (Å²) in [7, 11) is 0. The Kier molecular flexibility index (Phi) is 5.44. The number of aromatic nitrogens is 4. The minimum Gasteiger partial charge on any atom is -0.420 e. The van der Waals surface area contributed by atoms with Crippen molar-refractivity contribution in [3.05, 3.63) is 56.5 Å². The fourth-order valence-corrected chi connectivity index (χ4v) is 6.10. The lowest BCUT2D eigenvalue weighted by molar-refractivity contribution is 0.457. The molecule has 1 aliphatic carbocycles. The molecule has 1 aliphatic rings. The van der Waals surface area contributed by atoms with Crippen LogP contribution in [0.3, 0.4) is 0 Å². The average molecular weight is 453 g/mol. The van der Waals surface area contributed by atoms with Gasteiger partial charge < -0.3 is 4.42 Å². The maximum absolute atomic E-state index is 13.5. The smallest absolute Gasteiger partial charge is 0.263 e. The monoisotopic (exact) mass is 452 g/mol.